The number of benzene rings is 1. The van der Waals surface area contributed by atoms with Gasteiger partial charge >= 0.3 is 12.0 Å². The third kappa shape index (κ3) is 4.89. The summed E-state index contributed by atoms with van der Waals surface area (Å²) in [5, 5.41) is 11.7. The fraction of sp³-hybridized carbons (Fsp3) is 0.429. The molecule has 20 heavy (non-hydrogen) atoms. The third-order valence-electron chi connectivity index (χ3n) is 2.56. The van der Waals surface area contributed by atoms with Crippen LogP contribution in [0.3, 0.4) is 0 Å². The van der Waals surface area contributed by atoms with Crippen molar-refractivity contribution in [2.24, 2.45) is 0 Å². The van der Waals surface area contributed by atoms with Crippen molar-refractivity contribution >= 4 is 17.7 Å². The molecule has 0 atom stereocenters. The molecule has 2 N–H and O–H groups in total. The Balaban J connectivity index is 2.89. The Labute approximate surface area is 118 Å². The first-order chi connectivity index (χ1) is 9.35. The van der Waals surface area contributed by atoms with Crippen LogP contribution < -0.4 is 10.2 Å². The number of hydrogen-bond donors (Lipinski definition) is 2. The van der Waals surface area contributed by atoms with E-state index in [2.05, 4.69) is 5.32 Å². The zero-order valence-corrected chi connectivity index (χ0v) is 11.9. The number of hydrogen-bond acceptors (Lipinski definition) is 3. The van der Waals surface area contributed by atoms with Gasteiger partial charge in [-0.15, -0.1) is 0 Å². The maximum Gasteiger partial charge on any atom is 0.323 e. The van der Waals surface area contributed by atoms with E-state index in [0.29, 0.717) is 12.3 Å². The number of nitrogens with zero attached hydrogens (tertiary/aromatic N) is 1. The monoisotopic (exact) mass is 280 g/mol. The highest BCUT2D eigenvalue weighted by Crippen LogP contribution is 2.14. The third-order valence-corrected chi connectivity index (χ3v) is 2.56. The highest BCUT2D eigenvalue weighted by molar-refractivity contribution is 5.96. The minimum Gasteiger partial charge on any atom is -0.480 e. The molecule has 0 aliphatic carbocycles. The normalized spacial score (nSPS) is 10.9. The molecule has 0 fully saturated rings. The zero-order valence-electron chi connectivity index (χ0n) is 11.9. The number of anilines is 1. The van der Waals surface area contributed by atoms with Gasteiger partial charge in [0.1, 0.15) is 6.54 Å². The number of carboxylic acids is 1. The highest BCUT2D eigenvalue weighted by atomic mass is 16.5. The van der Waals surface area contributed by atoms with Crippen molar-refractivity contribution in [2.45, 2.75) is 19.4 Å². The molecule has 0 heterocycles. The Morgan fingerprint density at radius 1 is 1.30 bits per heavy atom. The summed E-state index contributed by atoms with van der Waals surface area (Å²) < 4.78 is 5.02. The number of ether oxygens (including phenoxy) is 1. The van der Waals surface area contributed by atoms with E-state index in [9.17, 15) is 9.59 Å². The molecule has 0 aliphatic rings. The van der Waals surface area contributed by atoms with Gasteiger partial charge in [-0.3, -0.25) is 9.69 Å². The SMILES string of the molecule is COCC(C)(C)NC(=O)N(CC(=O)O)c1ccccc1. The fourth-order valence-corrected chi connectivity index (χ4v) is 1.78. The highest BCUT2D eigenvalue weighted by Gasteiger charge is 2.25. The molecule has 0 aromatic heterocycles. The minimum atomic E-state index is -1.08. The summed E-state index contributed by atoms with van der Waals surface area (Å²) in [5.41, 5.74) is -0.0576. The molecule has 0 unspecified atom stereocenters. The van der Waals surface area contributed by atoms with Crippen LogP contribution in [0, 0.1) is 0 Å². The Kier molecular flexibility index (Phi) is 5.52. The second-order valence-electron chi connectivity index (χ2n) is 5.06. The van der Waals surface area contributed by atoms with Crippen molar-refractivity contribution < 1.29 is 19.4 Å². The number of aliphatic carboxylic acids is 1. The summed E-state index contributed by atoms with van der Waals surface area (Å²) in [5.74, 6) is -1.08. The molecule has 6 heteroatoms. The quantitative estimate of drug-likeness (QED) is 0.831. The minimum absolute atomic E-state index is 0.328. The summed E-state index contributed by atoms with van der Waals surface area (Å²) in [6, 6.07) is 8.20. The molecule has 0 spiro atoms. The van der Waals surface area contributed by atoms with Gasteiger partial charge in [-0.25, -0.2) is 4.79 Å². The maximum atomic E-state index is 12.3. The Morgan fingerprint density at radius 2 is 1.90 bits per heavy atom. The maximum absolute atomic E-state index is 12.3. The lowest BCUT2D eigenvalue weighted by Crippen LogP contribution is -2.53. The van der Waals surface area contributed by atoms with Gasteiger partial charge in [-0.2, -0.15) is 0 Å². The largest absolute Gasteiger partial charge is 0.480 e. The number of carbonyl (C=O) groups is 2. The van der Waals surface area contributed by atoms with Crippen LogP contribution in [-0.4, -0.2) is 42.9 Å². The standard InChI is InChI=1S/C14H20N2O4/c1-14(2,10-20-3)15-13(19)16(9-12(17)18)11-7-5-4-6-8-11/h4-8H,9-10H2,1-3H3,(H,15,19)(H,17,18). The first-order valence-electron chi connectivity index (χ1n) is 6.21. The lowest BCUT2D eigenvalue weighted by Gasteiger charge is -2.29. The lowest BCUT2D eigenvalue weighted by molar-refractivity contribution is -0.135. The predicted octanol–water partition coefficient (Wildman–Crippen LogP) is 1.71. The van der Waals surface area contributed by atoms with E-state index in [1.165, 1.54) is 4.90 Å². The van der Waals surface area contributed by atoms with Crippen molar-refractivity contribution in [1.82, 2.24) is 5.32 Å². The Hall–Kier alpha value is -2.08. The fourth-order valence-electron chi connectivity index (χ4n) is 1.78. The number of para-hydroxylation sites is 1. The van der Waals surface area contributed by atoms with Gasteiger partial charge in [-0.1, -0.05) is 18.2 Å². The Morgan fingerprint density at radius 3 is 2.40 bits per heavy atom. The first kappa shape index (κ1) is 16.0. The van der Waals surface area contributed by atoms with Gasteiger partial charge in [0.25, 0.3) is 0 Å². The second-order valence-corrected chi connectivity index (χ2v) is 5.06. The van der Waals surface area contributed by atoms with Crippen LogP contribution in [0.1, 0.15) is 13.8 Å². The van der Waals surface area contributed by atoms with Gasteiger partial charge < -0.3 is 15.2 Å². The van der Waals surface area contributed by atoms with E-state index in [4.69, 9.17) is 9.84 Å². The summed E-state index contributed by atoms with van der Waals surface area (Å²) in [4.78, 5) is 24.4. The summed E-state index contributed by atoms with van der Waals surface area (Å²) in [6.45, 7) is 3.53. The van der Waals surface area contributed by atoms with E-state index in [1.54, 1.807) is 51.3 Å². The number of amides is 2. The summed E-state index contributed by atoms with van der Waals surface area (Å²) in [7, 11) is 1.54. The molecule has 1 aromatic rings. The van der Waals surface area contributed by atoms with Crippen molar-refractivity contribution in [2.75, 3.05) is 25.2 Å². The summed E-state index contributed by atoms with van der Waals surface area (Å²) in [6.07, 6.45) is 0. The van der Waals surface area contributed by atoms with E-state index >= 15 is 0 Å². The van der Waals surface area contributed by atoms with Crippen molar-refractivity contribution in [3.63, 3.8) is 0 Å². The van der Waals surface area contributed by atoms with Crippen molar-refractivity contribution in [1.29, 1.82) is 0 Å². The topological polar surface area (TPSA) is 78.9 Å². The van der Waals surface area contributed by atoms with Crippen LogP contribution in [-0.2, 0) is 9.53 Å². The molecular formula is C14H20N2O4. The number of methoxy groups -OCH3 is 1. The molecule has 0 aliphatic heterocycles. The lowest BCUT2D eigenvalue weighted by atomic mass is 10.1. The molecule has 0 bridgehead atoms. The smallest absolute Gasteiger partial charge is 0.323 e. The van der Waals surface area contributed by atoms with E-state index in [1.807, 2.05) is 0 Å². The van der Waals surface area contributed by atoms with E-state index in [-0.39, 0.29) is 0 Å². The predicted molar refractivity (Wildman–Crippen MR) is 75.9 cm³/mol. The molecular weight excluding hydrogens is 260 g/mol. The summed E-state index contributed by atoms with van der Waals surface area (Å²) >= 11 is 0. The van der Waals surface area contributed by atoms with Gasteiger partial charge in [0.15, 0.2) is 0 Å². The molecule has 1 rings (SSSR count). The van der Waals surface area contributed by atoms with E-state index in [0.717, 1.165) is 0 Å². The van der Waals surface area contributed by atoms with Gasteiger partial charge in [0.05, 0.1) is 12.1 Å². The molecule has 110 valence electrons. The molecule has 0 saturated carbocycles. The van der Waals surface area contributed by atoms with Crippen LogP contribution in [0.15, 0.2) is 30.3 Å². The molecule has 1 aromatic carbocycles. The van der Waals surface area contributed by atoms with Crippen LogP contribution in [0.25, 0.3) is 0 Å². The molecule has 6 nitrogen and oxygen atoms in total. The van der Waals surface area contributed by atoms with Crippen LogP contribution in [0.5, 0.6) is 0 Å². The number of nitrogens with one attached hydrogen (secondary N) is 1. The molecule has 2 amide bonds. The molecule has 0 radical (unpaired) electrons. The van der Waals surface area contributed by atoms with E-state index < -0.39 is 24.1 Å². The number of carboxylic acid groups (broad SMARTS) is 1. The zero-order chi connectivity index (χ0) is 15.2. The first-order valence-corrected chi connectivity index (χ1v) is 6.21. The average Bonchev–Trinajstić information content (AvgIpc) is 2.36. The van der Waals surface area contributed by atoms with Crippen LogP contribution >= 0.6 is 0 Å². The van der Waals surface area contributed by atoms with Gasteiger partial charge in [0, 0.05) is 12.8 Å². The van der Waals surface area contributed by atoms with Crippen molar-refractivity contribution in [3.8, 4) is 0 Å². The molecule has 0 saturated heterocycles. The second kappa shape index (κ2) is 6.91. The average molecular weight is 280 g/mol. The van der Waals surface area contributed by atoms with Gasteiger partial charge in [-0.05, 0) is 26.0 Å². The number of urea groups is 1. The Bertz CT molecular complexity index is 460. The van der Waals surface area contributed by atoms with Crippen LogP contribution in [0.2, 0.25) is 0 Å². The van der Waals surface area contributed by atoms with Crippen molar-refractivity contribution in [3.05, 3.63) is 30.3 Å². The van der Waals surface area contributed by atoms with Crippen LogP contribution in [0.4, 0.5) is 10.5 Å². The number of carbonyl (C=O) groups excluding carboxylic acids is 1. The van der Waals surface area contributed by atoms with Gasteiger partial charge in [0.2, 0.25) is 0 Å². The number of rotatable bonds is 6.